The standard InChI is InChI=1S/C12H20N2O2S/c1-13-9-5-11-17(15,16)14-10-8-12-6-3-2-4-7-12/h2-4,6-7,13-14H,5,8-11H2,1H3. The number of hydrogen-bond donors (Lipinski definition) is 2. The maximum Gasteiger partial charge on any atom is 0.211 e. The van der Waals surface area contributed by atoms with Crippen LogP contribution in [0, 0.1) is 0 Å². The fourth-order valence-electron chi connectivity index (χ4n) is 1.51. The van der Waals surface area contributed by atoms with E-state index < -0.39 is 10.0 Å². The van der Waals surface area contributed by atoms with Crippen molar-refractivity contribution in [3.63, 3.8) is 0 Å². The average Bonchev–Trinajstić information content (AvgIpc) is 2.30. The molecule has 0 unspecified atom stereocenters. The summed E-state index contributed by atoms with van der Waals surface area (Å²) in [7, 11) is -1.30. The Morgan fingerprint density at radius 3 is 2.47 bits per heavy atom. The van der Waals surface area contributed by atoms with E-state index in [2.05, 4.69) is 10.0 Å². The molecular weight excluding hydrogens is 236 g/mol. The van der Waals surface area contributed by atoms with Crippen LogP contribution in [0.2, 0.25) is 0 Å². The van der Waals surface area contributed by atoms with Gasteiger partial charge in [-0.05, 0) is 32.0 Å². The van der Waals surface area contributed by atoms with Crippen molar-refractivity contribution in [1.29, 1.82) is 0 Å². The van der Waals surface area contributed by atoms with E-state index in [-0.39, 0.29) is 5.75 Å². The van der Waals surface area contributed by atoms with E-state index in [1.165, 1.54) is 0 Å². The molecule has 0 saturated carbocycles. The van der Waals surface area contributed by atoms with Crippen molar-refractivity contribution in [3.8, 4) is 0 Å². The summed E-state index contributed by atoms with van der Waals surface area (Å²) in [5, 5.41) is 2.93. The first kappa shape index (κ1) is 14.2. The molecule has 2 N–H and O–H groups in total. The lowest BCUT2D eigenvalue weighted by Gasteiger charge is -2.06. The minimum Gasteiger partial charge on any atom is -0.320 e. The molecule has 0 aliphatic carbocycles. The summed E-state index contributed by atoms with van der Waals surface area (Å²) >= 11 is 0. The topological polar surface area (TPSA) is 58.2 Å². The van der Waals surface area contributed by atoms with E-state index in [4.69, 9.17) is 0 Å². The number of hydrogen-bond acceptors (Lipinski definition) is 3. The second kappa shape index (κ2) is 7.42. The van der Waals surface area contributed by atoms with Gasteiger partial charge in [0.05, 0.1) is 5.75 Å². The highest BCUT2D eigenvalue weighted by Crippen LogP contribution is 1.99. The lowest BCUT2D eigenvalue weighted by Crippen LogP contribution is -2.29. The van der Waals surface area contributed by atoms with Gasteiger partial charge in [0, 0.05) is 6.54 Å². The third-order valence-corrected chi connectivity index (χ3v) is 3.89. The minimum atomic E-state index is -3.11. The Balaban J connectivity index is 2.26. The van der Waals surface area contributed by atoms with Gasteiger partial charge >= 0.3 is 0 Å². The van der Waals surface area contributed by atoms with Crippen LogP contribution in [0.15, 0.2) is 30.3 Å². The van der Waals surface area contributed by atoms with Crippen LogP contribution in [0.3, 0.4) is 0 Å². The van der Waals surface area contributed by atoms with Crippen molar-refractivity contribution in [1.82, 2.24) is 10.0 Å². The van der Waals surface area contributed by atoms with Gasteiger partial charge in [-0.25, -0.2) is 13.1 Å². The van der Waals surface area contributed by atoms with Gasteiger partial charge in [-0.1, -0.05) is 30.3 Å². The van der Waals surface area contributed by atoms with Gasteiger partial charge in [0.15, 0.2) is 0 Å². The molecule has 96 valence electrons. The van der Waals surface area contributed by atoms with Crippen molar-refractivity contribution in [2.75, 3.05) is 25.9 Å². The van der Waals surface area contributed by atoms with Crippen molar-refractivity contribution >= 4 is 10.0 Å². The highest BCUT2D eigenvalue weighted by atomic mass is 32.2. The Labute approximate surface area is 103 Å². The summed E-state index contributed by atoms with van der Waals surface area (Å²) in [6.45, 7) is 1.19. The number of nitrogens with one attached hydrogen (secondary N) is 2. The predicted octanol–water partition coefficient (Wildman–Crippen LogP) is 0.758. The first-order valence-corrected chi connectivity index (χ1v) is 7.45. The van der Waals surface area contributed by atoms with Gasteiger partial charge in [0.25, 0.3) is 0 Å². The van der Waals surface area contributed by atoms with E-state index in [0.717, 1.165) is 18.5 Å². The zero-order valence-corrected chi connectivity index (χ0v) is 11.0. The first-order chi connectivity index (χ1) is 8.14. The summed E-state index contributed by atoms with van der Waals surface area (Å²) < 4.78 is 25.7. The lowest BCUT2D eigenvalue weighted by molar-refractivity contribution is 0.577. The summed E-state index contributed by atoms with van der Waals surface area (Å²) in [4.78, 5) is 0. The Kier molecular flexibility index (Phi) is 6.18. The molecule has 1 aromatic rings. The Bertz CT molecular complexity index is 404. The Hall–Kier alpha value is -0.910. The molecule has 1 aromatic carbocycles. The van der Waals surface area contributed by atoms with Crippen molar-refractivity contribution in [2.45, 2.75) is 12.8 Å². The predicted molar refractivity (Wildman–Crippen MR) is 70.5 cm³/mol. The molecule has 0 aliphatic heterocycles. The summed E-state index contributed by atoms with van der Waals surface area (Å²) in [5.74, 6) is 0.183. The van der Waals surface area contributed by atoms with Gasteiger partial charge in [-0.15, -0.1) is 0 Å². The largest absolute Gasteiger partial charge is 0.320 e. The molecule has 17 heavy (non-hydrogen) atoms. The van der Waals surface area contributed by atoms with Crippen molar-refractivity contribution in [2.24, 2.45) is 0 Å². The third-order valence-electron chi connectivity index (χ3n) is 2.42. The van der Waals surface area contributed by atoms with Crippen LogP contribution in [0.4, 0.5) is 0 Å². The maximum absolute atomic E-state index is 11.6. The molecule has 0 radical (unpaired) electrons. The van der Waals surface area contributed by atoms with Gasteiger partial charge in [0.1, 0.15) is 0 Å². The van der Waals surface area contributed by atoms with Gasteiger partial charge in [-0.2, -0.15) is 0 Å². The zero-order valence-electron chi connectivity index (χ0n) is 10.1. The van der Waals surface area contributed by atoms with E-state index in [1.807, 2.05) is 37.4 Å². The SMILES string of the molecule is CNCCCS(=O)(=O)NCCc1ccccc1. The maximum atomic E-state index is 11.6. The molecule has 0 saturated heterocycles. The highest BCUT2D eigenvalue weighted by Gasteiger charge is 2.08. The van der Waals surface area contributed by atoms with Crippen LogP contribution in [-0.4, -0.2) is 34.3 Å². The number of sulfonamides is 1. The fraction of sp³-hybridized carbons (Fsp3) is 0.500. The first-order valence-electron chi connectivity index (χ1n) is 5.80. The van der Waals surface area contributed by atoms with Crippen LogP contribution < -0.4 is 10.0 Å². The van der Waals surface area contributed by atoms with Gasteiger partial charge in [0.2, 0.25) is 10.0 Å². The second-order valence-electron chi connectivity index (χ2n) is 3.91. The molecular formula is C12H20N2O2S. The molecule has 0 spiro atoms. The summed E-state index contributed by atoms with van der Waals surface area (Å²) in [5.41, 5.74) is 1.14. The normalized spacial score (nSPS) is 11.6. The monoisotopic (exact) mass is 256 g/mol. The lowest BCUT2D eigenvalue weighted by atomic mass is 10.2. The van der Waals surface area contributed by atoms with Crippen molar-refractivity contribution in [3.05, 3.63) is 35.9 Å². The molecule has 0 amide bonds. The minimum absolute atomic E-state index is 0.183. The average molecular weight is 256 g/mol. The Morgan fingerprint density at radius 2 is 1.82 bits per heavy atom. The molecule has 4 nitrogen and oxygen atoms in total. The molecule has 0 bridgehead atoms. The van der Waals surface area contributed by atoms with Crippen LogP contribution in [0.5, 0.6) is 0 Å². The Morgan fingerprint density at radius 1 is 1.12 bits per heavy atom. The molecule has 0 fully saturated rings. The highest BCUT2D eigenvalue weighted by molar-refractivity contribution is 7.89. The number of rotatable bonds is 8. The van der Waals surface area contributed by atoms with E-state index in [0.29, 0.717) is 13.0 Å². The van der Waals surface area contributed by atoms with Crippen LogP contribution in [0.1, 0.15) is 12.0 Å². The van der Waals surface area contributed by atoms with E-state index in [9.17, 15) is 8.42 Å². The molecule has 5 heteroatoms. The van der Waals surface area contributed by atoms with Crippen LogP contribution >= 0.6 is 0 Å². The summed E-state index contributed by atoms with van der Waals surface area (Å²) in [6.07, 6.45) is 1.36. The quantitative estimate of drug-likeness (QED) is 0.675. The van der Waals surface area contributed by atoms with Crippen molar-refractivity contribution < 1.29 is 8.42 Å². The zero-order chi connectivity index (χ0) is 12.6. The third kappa shape index (κ3) is 6.41. The molecule has 0 aromatic heterocycles. The van der Waals surface area contributed by atoms with E-state index >= 15 is 0 Å². The summed E-state index contributed by atoms with van der Waals surface area (Å²) in [6, 6.07) is 9.85. The molecule has 0 atom stereocenters. The van der Waals surface area contributed by atoms with Crippen LogP contribution in [0.25, 0.3) is 0 Å². The molecule has 0 aliphatic rings. The smallest absolute Gasteiger partial charge is 0.211 e. The van der Waals surface area contributed by atoms with Gasteiger partial charge in [-0.3, -0.25) is 0 Å². The second-order valence-corrected chi connectivity index (χ2v) is 5.83. The van der Waals surface area contributed by atoms with Crippen LogP contribution in [-0.2, 0) is 16.4 Å². The molecule has 0 heterocycles. The number of benzene rings is 1. The molecule has 1 rings (SSSR count). The van der Waals surface area contributed by atoms with E-state index in [1.54, 1.807) is 0 Å². The fourth-order valence-corrected chi connectivity index (χ4v) is 2.59. The van der Waals surface area contributed by atoms with Gasteiger partial charge < -0.3 is 5.32 Å².